The van der Waals surface area contributed by atoms with Crippen LogP contribution in [0.3, 0.4) is 0 Å². The van der Waals surface area contributed by atoms with Crippen LogP contribution in [0.2, 0.25) is 0 Å². The number of nitrogens with one attached hydrogen (secondary N) is 1. The van der Waals surface area contributed by atoms with Gasteiger partial charge in [0, 0.05) is 26.2 Å². The van der Waals surface area contributed by atoms with Crippen molar-refractivity contribution in [1.29, 1.82) is 0 Å². The smallest absolute Gasteiger partial charge is 0.329 e. The van der Waals surface area contributed by atoms with Gasteiger partial charge in [-0.25, -0.2) is 18.0 Å². The number of amides is 2. The first-order chi connectivity index (χ1) is 9.10. The Hall–Kier alpha value is -1.35. The molecule has 2 N–H and O–H groups in total. The highest BCUT2D eigenvalue weighted by Crippen LogP contribution is 2.12. The highest BCUT2D eigenvalue weighted by atomic mass is 32.2. The van der Waals surface area contributed by atoms with Gasteiger partial charge in [-0.15, -0.1) is 0 Å². The van der Waals surface area contributed by atoms with E-state index in [1.54, 1.807) is 6.92 Å². The monoisotopic (exact) mass is 307 g/mol. The molecule has 1 aliphatic rings. The molecular formula is C11H21N3O5S. The molecule has 1 aliphatic heterocycles. The summed E-state index contributed by atoms with van der Waals surface area (Å²) < 4.78 is 24.0. The second kappa shape index (κ2) is 5.96. The highest BCUT2D eigenvalue weighted by Gasteiger charge is 2.35. The van der Waals surface area contributed by atoms with Crippen LogP contribution in [0.15, 0.2) is 0 Å². The maximum atomic E-state index is 12.0. The SMILES string of the molecule is CCC(C)(NC(=O)N1CCN(S(C)(=O)=O)CC1)C(=O)O. The summed E-state index contributed by atoms with van der Waals surface area (Å²) >= 11 is 0. The zero-order valence-corrected chi connectivity index (χ0v) is 12.7. The summed E-state index contributed by atoms with van der Waals surface area (Å²) in [7, 11) is -3.25. The van der Waals surface area contributed by atoms with Gasteiger partial charge in [0.05, 0.1) is 6.26 Å². The van der Waals surface area contributed by atoms with E-state index in [2.05, 4.69) is 5.32 Å². The first kappa shape index (κ1) is 16.7. The molecule has 0 aliphatic carbocycles. The third kappa shape index (κ3) is 3.83. The van der Waals surface area contributed by atoms with Crippen molar-refractivity contribution in [3.05, 3.63) is 0 Å². The molecule has 0 aromatic heterocycles. The van der Waals surface area contributed by atoms with Crippen LogP contribution in [0.5, 0.6) is 0 Å². The normalized spacial score (nSPS) is 20.2. The summed E-state index contributed by atoms with van der Waals surface area (Å²) in [5.41, 5.74) is -1.31. The second-order valence-electron chi connectivity index (χ2n) is 5.07. The minimum atomic E-state index is -3.25. The second-order valence-corrected chi connectivity index (χ2v) is 7.05. The Morgan fingerprint density at radius 1 is 1.25 bits per heavy atom. The van der Waals surface area contributed by atoms with E-state index < -0.39 is 27.6 Å². The van der Waals surface area contributed by atoms with Gasteiger partial charge in [-0.2, -0.15) is 4.31 Å². The average molecular weight is 307 g/mol. The summed E-state index contributed by atoms with van der Waals surface area (Å²) in [5, 5.41) is 11.6. The van der Waals surface area contributed by atoms with Gasteiger partial charge in [0.2, 0.25) is 10.0 Å². The van der Waals surface area contributed by atoms with Crippen LogP contribution in [0.4, 0.5) is 4.79 Å². The first-order valence-corrected chi connectivity index (χ1v) is 8.20. The molecule has 20 heavy (non-hydrogen) atoms. The van der Waals surface area contributed by atoms with E-state index in [0.717, 1.165) is 6.26 Å². The van der Waals surface area contributed by atoms with Crippen molar-refractivity contribution in [2.45, 2.75) is 25.8 Å². The van der Waals surface area contributed by atoms with Crippen LogP contribution in [0.25, 0.3) is 0 Å². The number of nitrogens with zero attached hydrogens (tertiary/aromatic N) is 2. The third-order valence-corrected chi connectivity index (χ3v) is 4.86. The molecule has 0 aromatic rings. The van der Waals surface area contributed by atoms with E-state index in [1.165, 1.54) is 16.1 Å². The molecule has 1 fully saturated rings. The number of carboxylic acid groups (broad SMARTS) is 1. The van der Waals surface area contributed by atoms with Gasteiger partial charge in [-0.1, -0.05) is 6.92 Å². The molecule has 1 rings (SSSR count). The Balaban J connectivity index is 2.62. The molecule has 0 aromatic carbocycles. The molecular weight excluding hydrogens is 286 g/mol. The number of rotatable bonds is 4. The number of urea groups is 1. The van der Waals surface area contributed by atoms with E-state index >= 15 is 0 Å². The number of carbonyl (C=O) groups excluding carboxylic acids is 1. The molecule has 0 radical (unpaired) electrons. The average Bonchev–Trinajstić information content (AvgIpc) is 2.37. The molecule has 1 atom stereocenters. The Labute approximate surface area is 118 Å². The Morgan fingerprint density at radius 3 is 2.10 bits per heavy atom. The summed E-state index contributed by atoms with van der Waals surface area (Å²) in [5.74, 6) is -1.09. The maximum Gasteiger partial charge on any atom is 0.329 e. The van der Waals surface area contributed by atoms with Crippen molar-refractivity contribution >= 4 is 22.0 Å². The molecule has 8 nitrogen and oxygen atoms in total. The lowest BCUT2D eigenvalue weighted by molar-refractivity contribution is -0.143. The third-order valence-electron chi connectivity index (χ3n) is 3.56. The van der Waals surface area contributed by atoms with Gasteiger partial charge in [0.25, 0.3) is 0 Å². The van der Waals surface area contributed by atoms with E-state index in [0.29, 0.717) is 0 Å². The lowest BCUT2D eigenvalue weighted by Gasteiger charge is -2.35. The van der Waals surface area contributed by atoms with Gasteiger partial charge < -0.3 is 15.3 Å². The topological polar surface area (TPSA) is 107 Å². The molecule has 1 saturated heterocycles. The Bertz CT molecular complexity index is 484. The Kier molecular flexibility index (Phi) is 4.98. The summed E-state index contributed by atoms with van der Waals surface area (Å²) in [6.45, 7) is 4.07. The van der Waals surface area contributed by atoms with Gasteiger partial charge in [-0.05, 0) is 13.3 Å². The van der Waals surface area contributed by atoms with Gasteiger partial charge >= 0.3 is 12.0 Å². The predicted octanol–water partition coefficient (Wildman–Crippen LogP) is -0.473. The number of carbonyl (C=O) groups is 2. The van der Waals surface area contributed by atoms with Crippen LogP contribution >= 0.6 is 0 Å². The van der Waals surface area contributed by atoms with E-state index in [9.17, 15) is 18.0 Å². The summed E-state index contributed by atoms with van der Waals surface area (Å²) in [4.78, 5) is 24.6. The van der Waals surface area contributed by atoms with Gasteiger partial charge in [0.15, 0.2) is 0 Å². The van der Waals surface area contributed by atoms with Crippen molar-refractivity contribution in [3.63, 3.8) is 0 Å². The molecule has 116 valence electrons. The Morgan fingerprint density at radius 2 is 1.75 bits per heavy atom. The molecule has 9 heteroatoms. The standard InChI is InChI=1S/C11H21N3O5S/c1-4-11(2,9(15)16)12-10(17)13-5-7-14(8-6-13)20(3,18)19/h4-8H2,1-3H3,(H,12,17)(H,15,16). The number of piperazine rings is 1. The molecule has 1 heterocycles. The first-order valence-electron chi connectivity index (χ1n) is 6.36. The van der Waals surface area contributed by atoms with Crippen LogP contribution < -0.4 is 5.32 Å². The fourth-order valence-electron chi connectivity index (χ4n) is 1.83. The number of sulfonamides is 1. The lowest BCUT2D eigenvalue weighted by Crippen LogP contribution is -2.59. The number of hydrogen-bond acceptors (Lipinski definition) is 4. The number of carboxylic acids is 1. The van der Waals surface area contributed by atoms with Crippen molar-refractivity contribution in [1.82, 2.24) is 14.5 Å². The van der Waals surface area contributed by atoms with Crippen LogP contribution in [-0.4, -0.2) is 72.7 Å². The molecule has 1 unspecified atom stereocenters. The zero-order chi connectivity index (χ0) is 15.6. The molecule has 0 saturated carbocycles. The van der Waals surface area contributed by atoms with Crippen molar-refractivity contribution in [3.8, 4) is 0 Å². The fraction of sp³-hybridized carbons (Fsp3) is 0.818. The highest BCUT2D eigenvalue weighted by molar-refractivity contribution is 7.88. The molecule has 2 amide bonds. The molecule has 0 spiro atoms. The van der Waals surface area contributed by atoms with E-state index in [4.69, 9.17) is 5.11 Å². The van der Waals surface area contributed by atoms with Crippen molar-refractivity contribution in [2.75, 3.05) is 32.4 Å². The predicted molar refractivity (Wildman–Crippen MR) is 72.9 cm³/mol. The van der Waals surface area contributed by atoms with Gasteiger partial charge in [0.1, 0.15) is 5.54 Å². The van der Waals surface area contributed by atoms with Crippen molar-refractivity contribution < 1.29 is 23.1 Å². The zero-order valence-electron chi connectivity index (χ0n) is 11.9. The number of hydrogen-bond donors (Lipinski definition) is 2. The maximum absolute atomic E-state index is 12.0. The van der Waals surface area contributed by atoms with Crippen molar-refractivity contribution in [2.24, 2.45) is 0 Å². The summed E-state index contributed by atoms with van der Waals surface area (Å²) in [6, 6.07) is -0.482. The van der Waals surface area contributed by atoms with Crippen LogP contribution in [-0.2, 0) is 14.8 Å². The van der Waals surface area contributed by atoms with Crippen LogP contribution in [0, 0.1) is 0 Å². The van der Waals surface area contributed by atoms with E-state index in [-0.39, 0.29) is 32.6 Å². The summed E-state index contributed by atoms with van der Waals surface area (Å²) in [6.07, 6.45) is 1.39. The van der Waals surface area contributed by atoms with E-state index in [1.807, 2.05) is 0 Å². The number of aliphatic carboxylic acids is 1. The fourth-order valence-corrected chi connectivity index (χ4v) is 2.66. The quantitative estimate of drug-likeness (QED) is 0.730. The minimum absolute atomic E-state index is 0.224. The minimum Gasteiger partial charge on any atom is -0.480 e. The largest absolute Gasteiger partial charge is 0.480 e. The lowest BCUT2D eigenvalue weighted by atomic mass is 10.00. The molecule has 0 bridgehead atoms. The van der Waals surface area contributed by atoms with Crippen LogP contribution in [0.1, 0.15) is 20.3 Å². The van der Waals surface area contributed by atoms with Gasteiger partial charge in [-0.3, -0.25) is 0 Å².